The van der Waals surface area contributed by atoms with E-state index in [1.807, 2.05) is 28.8 Å². The molecule has 0 aliphatic carbocycles. The second-order valence-corrected chi connectivity index (χ2v) is 6.41. The third-order valence-corrected chi connectivity index (χ3v) is 4.75. The summed E-state index contributed by atoms with van der Waals surface area (Å²) in [6.07, 6.45) is 1.85. The van der Waals surface area contributed by atoms with Crippen molar-refractivity contribution in [1.82, 2.24) is 19.6 Å². The molecule has 0 aromatic carbocycles. The second-order valence-electron chi connectivity index (χ2n) is 5.47. The molecule has 3 heterocycles. The van der Waals surface area contributed by atoms with E-state index in [1.165, 1.54) is 11.8 Å². The largest absolute Gasteiger partial charge is 0.462 e. The number of pyridine rings is 1. The Kier molecular flexibility index (Phi) is 4.89. The molecular weight excluding hydrogens is 340 g/mol. The van der Waals surface area contributed by atoms with Crippen LogP contribution in [0.15, 0.2) is 29.6 Å². The Morgan fingerprint density at radius 1 is 1.28 bits per heavy atom. The molecule has 25 heavy (non-hydrogen) atoms. The van der Waals surface area contributed by atoms with E-state index in [1.54, 1.807) is 20.8 Å². The lowest BCUT2D eigenvalue weighted by Crippen LogP contribution is -2.08. The van der Waals surface area contributed by atoms with Crippen LogP contribution in [0.25, 0.3) is 5.65 Å². The predicted molar refractivity (Wildman–Crippen MR) is 94.3 cm³/mol. The molecule has 8 heteroatoms. The number of carbonyl (C=O) groups excluding carboxylic acids is 2. The Labute approximate surface area is 148 Å². The number of fused-ring (bicyclic) bond motifs is 1. The predicted octanol–water partition coefficient (Wildman–Crippen LogP) is 2.83. The van der Waals surface area contributed by atoms with E-state index in [0.29, 0.717) is 34.3 Å². The fourth-order valence-corrected chi connectivity index (χ4v) is 3.46. The maximum Gasteiger partial charge on any atom is 0.340 e. The molecule has 0 atom stereocenters. The standard InChI is InChI=1S/C17H18N4O3S/c1-4-24-16(23)14-10(2)15(18-11(14)3)12(22)9-25-17-20-19-13-7-5-6-8-21(13)17/h5-8,18H,4,9H2,1-3H3. The number of carbonyl (C=O) groups is 2. The Balaban J connectivity index is 1.78. The minimum absolute atomic E-state index is 0.103. The van der Waals surface area contributed by atoms with Crippen molar-refractivity contribution in [2.45, 2.75) is 25.9 Å². The number of ether oxygens (including phenoxy) is 1. The van der Waals surface area contributed by atoms with Gasteiger partial charge < -0.3 is 9.72 Å². The van der Waals surface area contributed by atoms with E-state index < -0.39 is 5.97 Å². The molecule has 0 spiro atoms. The summed E-state index contributed by atoms with van der Waals surface area (Å²) in [6, 6.07) is 5.61. The van der Waals surface area contributed by atoms with Crippen LogP contribution in [-0.4, -0.2) is 43.7 Å². The Morgan fingerprint density at radius 3 is 2.84 bits per heavy atom. The first-order valence-corrected chi connectivity index (χ1v) is 8.83. The molecule has 0 radical (unpaired) electrons. The van der Waals surface area contributed by atoms with Crippen molar-refractivity contribution in [1.29, 1.82) is 0 Å². The average molecular weight is 358 g/mol. The van der Waals surface area contributed by atoms with Crippen LogP contribution in [0.1, 0.15) is 39.0 Å². The molecule has 3 aromatic rings. The van der Waals surface area contributed by atoms with Crippen LogP contribution in [0, 0.1) is 13.8 Å². The number of aryl methyl sites for hydroxylation is 1. The summed E-state index contributed by atoms with van der Waals surface area (Å²) in [5, 5.41) is 8.81. The van der Waals surface area contributed by atoms with Crippen LogP contribution < -0.4 is 0 Å². The summed E-state index contributed by atoms with van der Waals surface area (Å²) in [5.74, 6) is -0.323. The third kappa shape index (κ3) is 3.30. The summed E-state index contributed by atoms with van der Waals surface area (Å²) in [4.78, 5) is 27.6. The number of ketones is 1. The van der Waals surface area contributed by atoms with Gasteiger partial charge in [0.05, 0.1) is 23.6 Å². The van der Waals surface area contributed by atoms with Gasteiger partial charge in [-0.15, -0.1) is 10.2 Å². The van der Waals surface area contributed by atoms with Gasteiger partial charge in [-0.25, -0.2) is 4.79 Å². The van der Waals surface area contributed by atoms with Gasteiger partial charge in [0.15, 0.2) is 16.6 Å². The first-order valence-electron chi connectivity index (χ1n) is 7.85. The number of rotatable bonds is 6. The lowest BCUT2D eigenvalue weighted by Gasteiger charge is -2.03. The molecule has 0 aliphatic rings. The van der Waals surface area contributed by atoms with Gasteiger partial charge in [0.1, 0.15) is 0 Å². The first-order chi connectivity index (χ1) is 12.0. The summed E-state index contributed by atoms with van der Waals surface area (Å²) >= 11 is 1.31. The molecule has 7 nitrogen and oxygen atoms in total. The molecule has 130 valence electrons. The van der Waals surface area contributed by atoms with Gasteiger partial charge in [-0.2, -0.15) is 0 Å². The number of esters is 1. The molecule has 0 unspecified atom stereocenters. The van der Waals surface area contributed by atoms with Gasteiger partial charge in [0.2, 0.25) is 0 Å². The average Bonchev–Trinajstić information content (AvgIpc) is 3.13. The van der Waals surface area contributed by atoms with Gasteiger partial charge in [0.25, 0.3) is 0 Å². The summed E-state index contributed by atoms with van der Waals surface area (Å²) in [6.45, 7) is 5.55. The zero-order chi connectivity index (χ0) is 18.0. The van der Waals surface area contributed by atoms with Crippen molar-refractivity contribution in [3.8, 4) is 0 Å². The van der Waals surface area contributed by atoms with Crippen molar-refractivity contribution in [2.24, 2.45) is 0 Å². The van der Waals surface area contributed by atoms with E-state index in [-0.39, 0.29) is 11.5 Å². The van der Waals surface area contributed by atoms with Crippen LogP contribution in [0.2, 0.25) is 0 Å². The smallest absolute Gasteiger partial charge is 0.340 e. The van der Waals surface area contributed by atoms with Crippen LogP contribution in [0.3, 0.4) is 0 Å². The van der Waals surface area contributed by atoms with Gasteiger partial charge in [-0.3, -0.25) is 9.20 Å². The fraction of sp³-hybridized carbons (Fsp3) is 0.294. The molecule has 0 fully saturated rings. The molecule has 0 bridgehead atoms. The van der Waals surface area contributed by atoms with Crippen LogP contribution in [0.4, 0.5) is 0 Å². The number of H-pyrrole nitrogens is 1. The normalized spacial score (nSPS) is 11.0. The maximum absolute atomic E-state index is 12.6. The fourth-order valence-electron chi connectivity index (χ4n) is 2.66. The van der Waals surface area contributed by atoms with E-state index in [4.69, 9.17) is 4.74 Å². The lowest BCUT2D eigenvalue weighted by molar-refractivity contribution is 0.0525. The summed E-state index contributed by atoms with van der Waals surface area (Å²) in [5.41, 5.74) is 2.85. The Hall–Kier alpha value is -2.61. The molecule has 1 N–H and O–H groups in total. The zero-order valence-electron chi connectivity index (χ0n) is 14.2. The zero-order valence-corrected chi connectivity index (χ0v) is 15.0. The van der Waals surface area contributed by atoms with Crippen molar-refractivity contribution >= 4 is 29.2 Å². The number of hydrogen-bond donors (Lipinski definition) is 1. The van der Waals surface area contributed by atoms with E-state index in [2.05, 4.69) is 15.2 Å². The van der Waals surface area contributed by atoms with Gasteiger partial charge in [0, 0.05) is 11.9 Å². The number of aromatic amines is 1. The van der Waals surface area contributed by atoms with Crippen molar-refractivity contribution in [3.63, 3.8) is 0 Å². The highest BCUT2D eigenvalue weighted by Crippen LogP contribution is 2.23. The number of hydrogen-bond acceptors (Lipinski definition) is 6. The molecule has 3 aromatic heterocycles. The van der Waals surface area contributed by atoms with Crippen LogP contribution in [0.5, 0.6) is 0 Å². The van der Waals surface area contributed by atoms with E-state index in [0.717, 1.165) is 5.65 Å². The molecule has 0 amide bonds. The van der Waals surface area contributed by atoms with Crippen molar-refractivity contribution < 1.29 is 14.3 Å². The number of Topliss-reactive ketones (excluding diaryl/α,β-unsaturated/α-hetero) is 1. The minimum Gasteiger partial charge on any atom is -0.462 e. The minimum atomic E-state index is -0.413. The lowest BCUT2D eigenvalue weighted by atomic mass is 10.1. The van der Waals surface area contributed by atoms with Gasteiger partial charge >= 0.3 is 5.97 Å². The third-order valence-electron chi connectivity index (χ3n) is 3.81. The summed E-state index contributed by atoms with van der Waals surface area (Å²) in [7, 11) is 0. The summed E-state index contributed by atoms with van der Waals surface area (Å²) < 4.78 is 6.88. The quantitative estimate of drug-likeness (QED) is 0.414. The van der Waals surface area contributed by atoms with Crippen molar-refractivity contribution in [3.05, 3.63) is 46.9 Å². The second kappa shape index (κ2) is 7.10. The highest BCUT2D eigenvalue weighted by Gasteiger charge is 2.23. The molecule has 0 aliphatic heterocycles. The van der Waals surface area contributed by atoms with E-state index in [9.17, 15) is 9.59 Å². The number of aromatic nitrogens is 4. The SMILES string of the molecule is CCOC(=O)c1c(C)[nH]c(C(=O)CSc2nnc3ccccn23)c1C. The molecule has 0 saturated carbocycles. The first kappa shape index (κ1) is 17.2. The van der Waals surface area contributed by atoms with E-state index >= 15 is 0 Å². The van der Waals surface area contributed by atoms with Crippen LogP contribution >= 0.6 is 11.8 Å². The van der Waals surface area contributed by atoms with Gasteiger partial charge in [-0.1, -0.05) is 17.8 Å². The molecule has 0 saturated heterocycles. The number of thioether (sulfide) groups is 1. The monoisotopic (exact) mass is 358 g/mol. The number of nitrogens with one attached hydrogen (secondary N) is 1. The Morgan fingerprint density at radius 2 is 2.08 bits per heavy atom. The Bertz CT molecular complexity index is 945. The van der Waals surface area contributed by atoms with Crippen molar-refractivity contribution in [2.75, 3.05) is 12.4 Å². The maximum atomic E-state index is 12.6. The molecular formula is C17H18N4O3S. The highest BCUT2D eigenvalue weighted by atomic mass is 32.2. The van der Waals surface area contributed by atoms with Crippen LogP contribution in [-0.2, 0) is 4.74 Å². The molecule has 3 rings (SSSR count). The van der Waals surface area contributed by atoms with Gasteiger partial charge in [-0.05, 0) is 38.5 Å². The highest BCUT2D eigenvalue weighted by molar-refractivity contribution is 7.99. The number of nitrogens with zero attached hydrogens (tertiary/aromatic N) is 3. The topological polar surface area (TPSA) is 89.4 Å².